The molecule has 0 aliphatic rings. The summed E-state index contributed by atoms with van der Waals surface area (Å²) in [7, 11) is 0. The van der Waals surface area contributed by atoms with Crippen molar-refractivity contribution in [3.8, 4) is 0 Å². The topological polar surface area (TPSA) is 0 Å². The van der Waals surface area contributed by atoms with Gasteiger partial charge in [-0.3, -0.25) is 0 Å². The van der Waals surface area contributed by atoms with Gasteiger partial charge >= 0.3 is 0 Å². The van der Waals surface area contributed by atoms with E-state index in [4.69, 9.17) is 0 Å². The van der Waals surface area contributed by atoms with Crippen LogP contribution in [0.4, 0.5) is 4.39 Å². The molecule has 0 saturated carbocycles. The van der Waals surface area contributed by atoms with Gasteiger partial charge in [-0.25, -0.2) is 4.39 Å². The predicted molar refractivity (Wildman–Crippen MR) is 57.9 cm³/mol. The highest BCUT2D eigenvalue weighted by Crippen LogP contribution is 2.32. The first kappa shape index (κ1) is 10.7. The fraction of sp³-hybridized carbons (Fsp3) is 0.455. The number of benzene rings is 1. The molecule has 13 heavy (non-hydrogen) atoms. The van der Waals surface area contributed by atoms with Crippen molar-refractivity contribution < 1.29 is 4.39 Å². The van der Waals surface area contributed by atoms with Crippen LogP contribution in [-0.4, -0.2) is 5.33 Å². The first-order chi connectivity index (χ1) is 6.23. The van der Waals surface area contributed by atoms with Crippen molar-refractivity contribution in [3.05, 3.63) is 35.9 Å². The van der Waals surface area contributed by atoms with Gasteiger partial charge in [-0.2, -0.15) is 0 Å². The summed E-state index contributed by atoms with van der Waals surface area (Å²) in [4.78, 5) is 0. The van der Waals surface area contributed by atoms with E-state index in [1.54, 1.807) is 0 Å². The zero-order valence-corrected chi connectivity index (χ0v) is 9.35. The molecule has 0 aromatic heterocycles. The lowest BCUT2D eigenvalue weighted by atomic mass is 9.93. The van der Waals surface area contributed by atoms with Gasteiger partial charge in [0.2, 0.25) is 0 Å². The molecule has 1 aromatic carbocycles. The minimum Gasteiger partial charge on any atom is -0.238 e. The fourth-order valence-electron chi connectivity index (χ4n) is 1.42. The average molecular weight is 245 g/mol. The summed E-state index contributed by atoms with van der Waals surface area (Å²) in [5, 5.41) is 0.373. The molecule has 0 bridgehead atoms. The van der Waals surface area contributed by atoms with Crippen molar-refractivity contribution in [1.82, 2.24) is 0 Å². The minimum atomic E-state index is -1.20. The second-order valence-electron chi connectivity index (χ2n) is 3.21. The molecule has 0 amide bonds. The first-order valence-corrected chi connectivity index (χ1v) is 5.65. The molecule has 1 rings (SSSR count). The Morgan fingerprint density at radius 2 is 1.92 bits per heavy atom. The lowest BCUT2D eigenvalue weighted by molar-refractivity contribution is 0.183. The van der Waals surface area contributed by atoms with Gasteiger partial charge in [0.25, 0.3) is 0 Å². The molecule has 0 aliphatic heterocycles. The van der Waals surface area contributed by atoms with E-state index in [0.29, 0.717) is 11.8 Å². The summed E-state index contributed by atoms with van der Waals surface area (Å²) < 4.78 is 14.2. The molecule has 0 unspecified atom stereocenters. The van der Waals surface area contributed by atoms with E-state index in [0.717, 1.165) is 12.0 Å². The van der Waals surface area contributed by atoms with Crippen LogP contribution < -0.4 is 0 Å². The molecule has 0 radical (unpaired) electrons. The van der Waals surface area contributed by atoms with Gasteiger partial charge in [-0.1, -0.05) is 59.6 Å². The second kappa shape index (κ2) is 4.75. The number of alkyl halides is 2. The van der Waals surface area contributed by atoms with E-state index >= 15 is 0 Å². The highest BCUT2D eigenvalue weighted by Gasteiger charge is 2.29. The van der Waals surface area contributed by atoms with Crippen molar-refractivity contribution in [2.75, 3.05) is 5.33 Å². The first-order valence-electron chi connectivity index (χ1n) is 4.53. The Bertz CT molecular complexity index is 248. The Morgan fingerprint density at radius 1 is 1.31 bits per heavy atom. The van der Waals surface area contributed by atoms with Crippen LogP contribution in [0.2, 0.25) is 0 Å². The van der Waals surface area contributed by atoms with Crippen molar-refractivity contribution in [2.45, 2.75) is 25.4 Å². The van der Waals surface area contributed by atoms with Crippen molar-refractivity contribution in [2.24, 2.45) is 0 Å². The minimum absolute atomic E-state index is 0.373. The van der Waals surface area contributed by atoms with Crippen LogP contribution in [0.15, 0.2) is 30.3 Å². The number of hydrogen-bond donors (Lipinski definition) is 0. The van der Waals surface area contributed by atoms with Crippen LogP contribution in [0.25, 0.3) is 0 Å². The van der Waals surface area contributed by atoms with Gasteiger partial charge in [-0.15, -0.1) is 0 Å². The Kier molecular flexibility index (Phi) is 3.91. The smallest absolute Gasteiger partial charge is 0.145 e. The summed E-state index contributed by atoms with van der Waals surface area (Å²) in [6.07, 6.45) is 1.43. The predicted octanol–water partition coefficient (Wildman–Crippen LogP) is 4.05. The van der Waals surface area contributed by atoms with E-state index in [1.807, 2.05) is 37.3 Å². The normalized spacial score (nSPS) is 15.3. The molecule has 0 N–H and O–H groups in total. The highest BCUT2D eigenvalue weighted by molar-refractivity contribution is 9.09. The SMILES string of the molecule is CCC[C@](F)(CBr)c1ccccc1. The quantitative estimate of drug-likeness (QED) is 0.702. The van der Waals surface area contributed by atoms with Crippen LogP contribution >= 0.6 is 15.9 Å². The van der Waals surface area contributed by atoms with Crippen LogP contribution in [0.3, 0.4) is 0 Å². The lowest BCUT2D eigenvalue weighted by Gasteiger charge is -2.22. The zero-order valence-electron chi connectivity index (χ0n) is 7.76. The van der Waals surface area contributed by atoms with Gasteiger partial charge in [0.05, 0.1) is 0 Å². The summed E-state index contributed by atoms with van der Waals surface area (Å²) >= 11 is 3.23. The largest absolute Gasteiger partial charge is 0.238 e. The van der Waals surface area contributed by atoms with Crippen molar-refractivity contribution in [3.63, 3.8) is 0 Å². The maximum absolute atomic E-state index is 14.2. The van der Waals surface area contributed by atoms with E-state index in [1.165, 1.54) is 0 Å². The fourth-order valence-corrected chi connectivity index (χ4v) is 2.03. The summed E-state index contributed by atoms with van der Waals surface area (Å²) in [6, 6.07) is 9.35. The number of rotatable bonds is 4. The van der Waals surface area contributed by atoms with E-state index in [9.17, 15) is 4.39 Å². The molecular formula is C11H14BrF. The molecule has 0 saturated heterocycles. The second-order valence-corrected chi connectivity index (χ2v) is 3.78. The molecule has 0 fully saturated rings. The molecule has 0 aliphatic carbocycles. The average Bonchev–Trinajstić information content (AvgIpc) is 2.19. The Morgan fingerprint density at radius 3 is 2.38 bits per heavy atom. The monoisotopic (exact) mass is 244 g/mol. The van der Waals surface area contributed by atoms with Crippen LogP contribution in [0, 0.1) is 0 Å². The third-order valence-electron chi connectivity index (χ3n) is 2.15. The molecule has 0 spiro atoms. The summed E-state index contributed by atoms with van der Waals surface area (Å²) in [6.45, 7) is 2.00. The Hall–Kier alpha value is -0.370. The zero-order chi connectivity index (χ0) is 9.73. The molecule has 0 heterocycles. The maximum Gasteiger partial charge on any atom is 0.145 e. The summed E-state index contributed by atoms with van der Waals surface area (Å²) in [5.74, 6) is 0. The van der Waals surface area contributed by atoms with Crippen LogP contribution in [-0.2, 0) is 5.67 Å². The van der Waals surface area contributed by atoms with E-state index in [2.05, 4.69) is 15.9 Å². The third kappa shape index (κ3) is 2.53. The van der Waals surface area contributed by atoms with Gasteiger partial charge in [0.1, 0.15) is 5.67 Å². The molecule has 0 nitrogen and oxygen atoms in total. The molecule has 1 aromatic rings. The summed E-state index contributed by atoms with van der Waals surface area (Å²) in [5.41, 5.74) is -0.426. The van der Waals surface area contributed by atoms with Gasteiger partial charge in [-0.05, 0) is 12.0 Å². The number of hydrogen-bond acceptors (Lipinski definition) is 0. The van der Waals surface area contributed by atoms with Crippen LogP contribution in [0.5, 0.6) is 0 Å². The Labute approximate surface area is 87.3 Å². The molecule has 1 atom stereocenters. The van der Waals surface area contributed by atoms with E-state index in [-0.39, 0.29) is 0 Å². The number of halogens is 2. The standard InChI is InChI=1S/C11H14BrF/c1-2-8-11(13,9-12)10-6-4-3-5-7-10/h3-7H,2,8-9H2,1H3/t11-/m0/s1. The maximum atomic E-state index is 14.2. The molecule has 2 heteroatoms. The van der Waals surface area contributed by atoms with Crippen LogP contribution in [0.1, 0.15) is 25.3 Å². The Balaban J connectivity index is 2.89. The lowest BCUT2D eigenvalue weighted by Crippen LogP contribution is -2.21. The van der Waals surface area contributed by atoms with Crippen molar-refractivity contribution in [1.29, 1.82) is 0 Å². The van der Waals surface area contributed by atoms with Gasteiger partial charge < -0.3 is 0 Å². The molecular weight excluding hydrogens is 231 g/mol. The molecule has 72 valence electrons. The third-order valence-corrected chi connectivity index (χ3v) is 3.04. The van der Waals surface area contributed by atoms with E-state index < -0.39 is 5.67 Å². The van der Waals surface area contributed by atoms with Gasteiger partial charge in [0, 0.05) is 5.33 Å². The highest BCUT2D eigenvalue weighted by atomic mass is 79.9. The van der Waals surface area contributed by atoms with Crippen molar-refractivity contribution >= 4 is 15.9 Å². The van der Waals surface area contributed by atoms with Gasteiger partial charge in [0.15, 0.2) is 0 Å².